The molecule has 3 unspecified atom stereocenters. The van der Waals surface area contributed by atoms with E-state index in [1.54, 1.807) is 0 Å². The van der Waals surface area contributed by atoms with Crippen LogP contribution in [0.15, 0.2) is 23.3 Å². The zero-order chi connectivity index (χ0) is 25.2. The first-order valence-electron chi connectivity index (χ1n) is 12.2. The van der Waals surface area contributed by atoms with Crippen LogP contribution in [0.2, 0.25) is 0 Å². The Morgan fingerprint density at radius 2 is 1.97 bits per heavy atom. The van der Waals surface area contributed by atoms with E-state index in [0.717, 1.165) is 50.2 Å². The summed E-state index contributed by atoms with van der Waals surface area (Å²) >= 11 is 0. The number of likely N-dealkylation sites (tertiary alicyclic amines) is 1. The van der Waals surface area contributed by atoms with Crippen LogP contribution in [0.5, 0.6) is 5.88 Å². The number of alkyl halides is 3. The first-order valence-corrected chi connectivity index (χ1v) is 12.2. The molecule has 10 heteroatoms. The molecule has 7 nitrogen and oxygen atoms in total. The number of amidine groups is 2. The number of nitrogens with zero attached hydrogens (tertiary/aromatic N) is 4. The molecule has 1 aliphatic heterocycles. The smallest absolute Gasteiger partial charge is 0.417 e. The lowest BCUT2D eigenvalue weighted by molar-refractivity contribution is -0.137. The summed E-state index contributed by atoms with van der Waals surface area (Å²) in [6.07, 6.45) is 3.40. The van der Waals surface area contributed by atoms with Crippen molar-refractivity contribution in [1.82, 2.24) is 9.88 Å². The monoisotopic (exact) mass is 488 g/mol. The highest BCUT2D eigenvalue weighted by Gasteiger charge is 2.60. The number of hydrogen-bond donors (Lipinski definition) is 2. The molecule has 0 aromatic carbocycles. The van der Waals surface area contributed by atoms with Gasteiger partial charge in [0.05, 0.1) is 18.0 Å². The Labute approximate surface area is 203 Å². The van der Waals surface area contributed by atoms with Gasteiger partial charge in [0.1, 0.15) is 5.84 Å². The van der Waals surface area contributed by atoms with E-state index in [-0.39, 0.29) is 29.9 Å². The van der Waals surface area contributed by atoms with E-state index in [0.29, 0.717) is 30.1 Å². The van der Waals surface area contributed by atoms with E-state index in [4.69, 9.17) is 15.9 Å². The molecule has 1 aromatic heterocycles. The van der Waals surface area contributed by atoms with Gasteiger partial charge in [-0.25, -0.2) is 4.98 Å². The van der Waals surface area contributed by atoms with E-state index in [1.165, 1.54) is 6.07 Å². The normalized spacial score (nSPS) is 36.4. The molecule has 2 heterocycles. The van der Waals surface area contributed by atoms with Crippen molar-refractivity contribution in [3.05, 3.63) is 23.9 Å². The number of hydrogen-bond acceptors (Lipinski definition) is 5. The van der Waals surface area contributed by atoms with Gasteiger partial charge in [-0.15, -0.1) is 0 Å². The second-order valence-corrected chi connectivity index (χ2v) is 11.5. The Hall–Kier alpha value is -2.83. The van der Waals surface area contributed by atoms with Gasteiger partial charge in [-0.1, -0.05) is 13.8 Å². The molecule has 5 aliphatic rings. The summed E-state index contributed by atoms with van der Waals surface area (Å²) in [6, 6.07) is 2.46. The zero-order valence-electron chi connectivity index (χ0n) is 20.0. The van der Waals surface area contributed by atoms with Crippen LogP contribution in [-0.2, 0) is 6.18 Å². The van der Waals surface area contributed by atoms with Crippen LogP contribution >= 0.6 is 0 Å². The highest BCUT2D eigenvalue weighted by atomic mass is 19.4. The summed E-state index contributed by atoms with van der Waals surface area (Å²) in [7, 11) is 0. The highest BCUT2D eigenvalue weighted by Crippen LogP contribution is 2.62. The minimum atomic E-state index is -4.44. The van der Waals surface area contributed by atoms with Gasteiger partial charge in [-0.2, -0.15) is 23.4 Å². The number of aromatic nitrogens is 1. The van der Waals surface area contributed by atoms with E-state index in [9.17, 15) is 18.4 Å². The van der Waals surface area contributed by atoms with Gasteiger partial charge in [-0.3, -0.25) is 5.41 Å². The van der Waals surface area contributed by atoms with Crippen LogP contribution in [0.4, 0.5) is 13.2 Å². The van der Waals surface area contributed by atoms with Crippen molar-refractivity contribution in [1.29, 1.82) is 10.7 Å². The SMILES string of the molecule is CC1(C)C(=NC#N)N(C2C3CC4CC2CC(C(=N)N)(C4)C3)CC1COc1ccc(C(F)(F)F)cn1. The van der Waals surface area contributed by atoms with Crippen LogP contribution in [0.3, 0.4) is 0 Å². The number of nitrogens with one attached hydrogen (secondary N) is 1. The van der Waals surface area contributed by atoms with Crippen molar-refractivity contribution in [2.24, 2.45) is 45.2 Å². The van der Waals surface area contributed by atoms with E-state index in [2.05, 4.69) is 14.9 Å². The van der Waals surface area contributed by atoms with Gasteiger partial charge >= 0.3 is 6.18 Å². The molecule has 0 amide bonds. The average molecular weight is 489 g/mol. The van der Waals surface area contributed by atoms with Gasteiger partial charge in [0, 0.05) is 41.6 Å². The van der Waals surface area contributed by atoms with E-state index >= 15 is 0 Å². The third kappa shape index (κ3) is 3.93. The first kappa shape index (κ1) is 23.9. The van der Waals surface area contributed by atoms with Gasteiger partial charge in [0.2, 0.25) is 12.1 Å². The van der Waals surface area contributed by atoms with Gasteiger partial charge in [0.15, 0.2) is 0 Å². The Balaban J connectivity index is 1.35. The standard InChI is InChI=1S/C25H31F3N6O/c1-23(2)18(12-35-19-4-3-17(10-32-19)25(26,27)28)11-34(22(23)33-13-29)20-15-5-14-6-16(20)9-24(7-14,8-15)21(30)31/h3-4,10,14-16,18,20H,5-9,11-12H2,1-2H3,(H3,30,31). The molecular formula is C25H31F3N6O. The van der Waals surface area contributed by atoms with Crippen molar-refractivity contribution in [2.75, 3.05) is 13.2 Å². The predicted molar refractivity (Wildman–Crippen MR) is 123 cm³/mol. The number of rotatable bonds is 5. The Morgan fingerprint density at radius 1 is 1.29 bits per heavy atom. The second-order valence-electron chi connectivity index (χ2n) is 11.5. The molecule has 5 fully saturated rings. The van der Waals surface area contributed by atoms with Crippen molar-refractivity contribution in [3.63, 3.8) is 0 Å². The Bertz CT molecular complexity index is 1060. The van der Waals surface area contributed by atoms with Crippen LogP contribution in [0.25, 0.3) is 0 Å². The van der Waals surface area contributed by atoms with Crippen LogP contribution in [0, 0.1) is 51.4 Å². The summed E-state index contributed by atoms with van der Waals surface area (Å²) < 4.78 is 44.3. The van der Waals surface area contributed by atoms with Crippen molar-refractivity contribution >= 4 is 11.7 Å². The van der Waals surface area contributed by atoms with E-state index < -0.39 is 17.2 Å². The third-order valence-corrected chi connectivity index (χ3v) is 9.09. The summed E-state index contributed by atoms with van der Waals surface area (Å²) in [4.78, 5) is 10.4. The Morgan fingerprint density at radius 3 is 2.51 bits per heavy atom. The van der Waals surface area contributed by atoms with E-state index in [1.807, 2.05) is 20.0 Å². The zero-order valence-corrected chi connectivity index (χ0v) is 20.0. The molecule has 1 saturated heterocycles. The minimum absolute atomic E-state index is 0.0161. The fraction of sp³-hybridized carbons (Fsp3) is 0.680. The predicted octanol–water partition coefficient (Wildman–Crippen LogP) is 4.45. The topological polar surface area (TPSA) is 111 Å². The molecular weight excluding hydrogens is 457 g/mol. The van der Waals surface area contributed by atoms with Crippen LogP contribution in [-0.4, -0.2) is 40.7 Å². The third-order valence-electron chi connectivity index (χ3n) is 9.09. The molecule has 0 spiro atoms. The summed E-state index contributed by atoms with van der Waals surface area (Å²) in [5, 5.41) is 17.7. The quantitative estimate of drug-likeness (QED) is 0.361. The van der Waals surface area contributed by atoms with Crippen molar-refractivity contribution in [3.8, 4) is 12.1 Å². The lowest BCUT2D eigenvalue weighted by atomic mass is 9.47. The summed E-state index contributed by atoms with van der Waals surface area (Å²) in [6.45, 7) is 5.01. The lowest BCUT2D eigenvalue weighted by Crippen LogP contribution is -2.62. The summed E-state index contributed by atoms with van der Waals surface area (Å²) in [5.74, 6) is 2.61. The number of aliphatic imine (C=N–C) groups is 1. The highest BCUT2D eigenvalue weighted by molar-refractivity contribution is 5.91. The average Bonchev–Trinajstić information content (AvgIpc) is 3.01. The fourth-order valence-electron chi connectivity index (χ4n) is 7.54. The largest absolute Gasteiger partial charge is 0.477 e. The Kier molecular flexibility index (Phi) is 5.53. The second kappa shape index (κ2) is 8.10. The number of ether oxygens (including phenoxy) is 1. The molecule has 0 radical (unpaired) electrons. The lowest BCUT2D eigenvalue weighted by Gasteiger charge is -2.61. The maximum absolute atomic E-state index is 12.8. The van der Waals surface area contributed by atoms with Gasteiger partial charge in [-0.05, 0) is 55.9 Å². The number of halogens is 3. The molecule has 1 aromatic rings. The molecule has 3 atom stereocenters. The molecule has 3 N–H and O–H groups in total. The fourth-order valence-corrected chi connectivity index (χ4v) is 7.54. The summed E-state index contributed by atoms with van der Waals surface area (Å²) in [5.41, 5.74) is 4.64. The molecule has 4 saturated carbocycles. The van der Waals surface area contributed by atoms with Crippen molar-refractivity contribution < 1.29 is 17.9 Å². The number of nitriles is 1. The molecule has 4 aliphatic carbocycles. The number of pyridine rings is 1. The maximum Gasteiger partial charge on any atom is 0.417 e. The minimum Gasteiger partial charge on any atom is -0.477 e. The molecule has 4 bridgehead atoms. The van der Waals surface area contributed by atoms with Crippen LogP contribution < -0.4 is 10.5 Å². The van der Waals surface area contributed by atoms with Crippen LogP contribution in [0.1, 0.15) is 51.5 Å². The molecule has 35 heavy (non-hydrogen) atoms. The number of nitrogens with two attached hydrogens (primary N) is 1. The first-order chi connectivity index (χ1) is 16.4. The molecule has 6 rings (SSSR count). The van der Waals surface area contributed by atoms with Crippen molar-refractivity contribution in [2.45, 2.75) is 58.2 Å². The van der Waals surface area contributed by atoms with Gasteiger partial charge < -0.3 is 15.4 Å². The maximum atomic E-state index is 12.8. The van der Waals surface area contributed by atoms with Gasteiger partial charge in [0.25, 0.3) is 0 Å². The molecule has 188 valence electrons.